The fourth-order valence-electron chi connectivity index (χ4n) is 2.66. The Labute approximate surface area is 139 Å². The number of likely N-dealkylation sites (tertiary alicyclic amines) is 1. The number of rotatable bonds is 1. The van der Waals surface area contributed by atoms with E-state index in [1.165, 1.54) is 11.8 Å². The second-order valence-electron chi connectivity index (χ2n) is 5.70. The van der Waals surface area contributed by atoms with E-state index in [0.717, 1.165) is 41.5 Å². The Morgan fingerprint density at radius 1 is 1.45 bits per heavy atom. The second-order valence-corrected chi connectivity index (χ2v) is 7.19. The molecule has 0 radical (unpaired) electrons. The molecule has 2 N–H and O–H groups in total. The molecular weight excluding hydrogens is 316 g/mol. The van der Waals surface area contributed by atoms with Gasteiger partial charge in [0.15, 0.2) is 0 Å². The Morgan fingerprint density at radius 3 is 2.86 bits per heavy atom. The number of piperidine rings is 1. The molecule has 0 unspecified atom stereocenters. The minimum atomic E-state index is 0.323. The van der Waals surface area contributed by atoms with Crippen molar-refractivity contribution in [3.05, 3.63) is 33.8 Å². The molecule has 114 valence electrons. The molecule has 0 amide bonds. The van der Waals surface area contributed by atoms with E-state index in [9.17, 15) is 5.26 Å². The van der Waals surface area contributed by atoms with Crippen LogP contribution in [0.3, 0.4) is 0 Å². The van der Waals surface area contributed by atoms with E-state index in [1.54, 1.807) is 0 Å². The average molecular weight is 333 g/mol. The highest BCUT2D eigenvalue weighted by Gasteiger charge is 2.26. The van der Waals surface area contributed by atoms with Crippen LogP contribution in [-0.2, 0) is 0 Å². The molecule has 6 heteroatoms. The number of nitrogens with one attached hydrogen (secondary N) is 2. The summed E-state index contributed by atoms with van der Waals surface area (Å²) >= 11 is 7.49. The summed E-state index contributed by atoms with van der Waals surface area (Å²) in [6.45, 7) is 3.93. The number of amidine groups is 1. The quantitative estimate of drug-likeness (QED) is 0.457. The molecule has 0 atom stereocenters. The van der Waals surface area contributed by atoms with Crippen molar-refractivity contribution in [1.82, 2.24) is 4.90 Å². The van der Waals surface area contributed by atoms with Gasteiger partial charge in [0, 0.05) is 23.0 Å². The smallest absolute Gasteiger partial charge is 0.141 e. The summed E-state index contributed by atoms with van der Waals surface area (Å²) in [4.78, 5) is 3.04. The zero-order valence-corrected chi connectivity index (χ0v) is 13.9. The first-order valence-electron chi connectivity index (χ1n) is 7.31. The van der Waals surface area contributed by atoms with E-state index in [4.69, 9.17) is 17.0 Å². The molecule has 1 fully saturated rings. The number of fused-ring (bicyclic) bond motifs is 1. The summed E-state index contributed by atoms with van der Waals surface area (Å²) in [6.07, 6.45) is 2.15. The summed E-state index contributed by atoms with van der Waals surface area (Å²) in [6, 6.07) is 7.81. The van der Waals surface area contributed by atoms with Crippen molar-refractivity contribution in [3.63, 3.8) is 0 Å². The minimum Gasteiger partial charge on any atom is -0.356 e. The van der Waals surface area contributed by atoms with Crippen LogP contribution < -0.4 is 5.32 Å². The van der Waals surface area contributed by atoms with Gasteiger partial charge in [0.1, 0.15) is 17.5 Å². The molecule has 2 aliphatic rings. The first-order chi connectivity index (χ1) is 10.6. The zero-order valence-electron chi connectivity index (χ0n) is 12.3. The highest BCUT2D eigenvalue weighted by molar-refractivity contribution is 8.03. The Bertz CT molecular complexity index is 684. The van der Waals surface area contributed by atoms with E-state index in [-0.39, 0.29) is 0 Å². The largest absolute Gasteiger partial charge is 0.356 e. The number of nitrogens with zero attached hydrogens (tertiary/aromatic N) is 2. The lowest BCUT2D eigenvalue weighted by Crippen LogP contribution is -2.38. The first kappa shape index (κ1) is 15.3. The fourth-order valence-corrected chi connectivity index (χ4v) is 3.82. The van der Waals surface area contributed by atoms with Crippen LogP contribution in [0.15, 0.2) is 33.7 Å². The maximum atomic E-state index is 9.52. The summed E-state index contributed by atoms with van der Waals surface area (Å²) in [7, 11) is 0. The maximum absolute atomic E-state index is 9.52. The van der Waals surface area contributed by atoms with Crippen LogP contribution in [0, 0.1) is 22.7 Å². The zero-order chi connectivity index (χ0) is 15.7. The number of anilines is 1. The van der Waals surface area contributed by atoms with Crippen molar-refractivity contribution >= 4 is 34.9 Å². The predicted octanol–water partition coefficient (Wildman–Crippen LogP) is 4.30. The summed E-state index contributed by atoms with van der Waals surface area (Å²) in [5.74, 6) is 1.02. The standard InChI is InChI=1S/C16H17ClN4S/c1-10-4-6-21(7-5-10)15(19)12(9-18)16-20-13-8-11(17)2-3-14(13)22-16/h2-3,8,10,19-20H,4-7H2,1H3. The van der Waals surface area contributed by atoms with Crippen molar-refractivity contribution in [1.29, 1.82) is 10.7 Å². The van der Waals surface area contributed by atoms with Gasteiger partial charge in [0.25, 0.3) is 0 Å². The third-order valence-corrected chi connectivity index (χ3v) is 5.40. The third-order valence-electron chi connectivity index (χ3n) is 4.08. The number of halogens is 1. The summed E-state index contributed by atoms with van der Waals surface area (Å²) in [5.41, 5.74) is 1.31. The third kappa shape index (κ3) is 2.94. The minimum absolute atomic E-state index is 0.323. The molecule has 0 saturated carbocycles. The molecular formula is C16H17ClN4S. The normalized spacial score (nSPS) is 20.1. The molecule has 1 aromatic carbocycles. The second kappa shape index (κ2) is 6.23. The van der Waals surface area contributed by atoms with Crippen LogP contribution >= 0.6 is 23.4 Å². The highest BCUT2D eigenvalue weighted by atomic mass is 35.5. The monoisotopic (exact) mass is 332 g/mol. The van der Waals surface area contributed by atoms with Crippen molar-refractivity contribution < 1.29 is 0 Å². The van der Waals surface area contributed by atoms with Gasteiger partial charge in [-0.05, 0) is 37.0 Å². The van der Waals surface area contributed by atoms with Gasteiger partial charge in [-0.2, -0.15) is 5.26 Å². The molecule has 0 aliphatic carbocycles. The first-order valence-corrected chi connectivity index (χ1v) is 8.50. The van der Waals surface area contributed by atoms with Crippen LogP contribution in [0.2, 0.25) is 5.02 Å². The van der Waals surface area contributed by atoms with E-state index in [0.29, 0.717) is 22.3 Å². The van der Waals surface area contributed by atoms with E-state index in [1.807, 2.05) is 23.1 Å². The lowest BCUT2D eigenvalue weighted by atomic mass is 9.98. The van der Waals surface area contributed by atoms with Crippen LogP contribution in [0.4, 0.5) is 5.69 Å². The summed E-state index contributed by atoms with van der Waals surface area (Å²) < 4.78 is 0. The number of thioether (sulfide) groups is 1. The van der Waals surface area contributed by atoms with Crippen LogP contribution in [-0.4, -0.2) is 23.8 Å². The predicted molar refractivity (Wildman–Crippen MR) is 91.3 cm³/mol. The van der Waals surface area contributed by atoms with Gasteiger partial charge >= 0.3 is 0 Å². The molecule has 4 nitrogen and oxygen atoms in total. The Hall–Kier alpha value is -1.64. The number of hydrogen-bond acceptors (Lipinski definition) is 4. The van der Waals surface area contributed by atoms with Crippen molar-refractivity contribution in [2.75, 3.05) is 18.4 Å². The van der Waals surface area contributed by atoms with Crippen molar-refractivity contribution in [2.45, 2.75) is 24.7 Å². The lowest BCUT2D eigenvalue weighted by molar-refractivity contribution is 0.280. The van der Waals surface area contributed by atoms with Crippen LogP contribution in [0.1, 0.15) is 19.8 Å². The molecule has 22 heavy (non-hydrogen) atoms. The van der Waals surface area contributed by atoms with Crippen LogP contribution in [0.25, 0.3) is 0 Å². The van der Waals surface area contributed by atoms with E-state index < -0.39 is 0 Å². The molecule has 0 aromatic heterocycles. The lowest BCUT2D eigenvalue weighted by Gasteiger charge is -2.32. The molecule has 1 aromatic rings. The molecule has 0 bridgehead atoms. The van der Waals surface area contributed by atoms with E-state index in [2.05, 4.69) is 18.3 Å². The number of nitriles is 1. The van der Waals surface area contributed by atoms with Gasteiger partial charge < -0.3 is 10.2 Å². The molecule has 2 aliphatic heterocycles. The highest BCUT2D eigenvalue weighted by Crippen LogP contribution is 2.43. The summed E-state index contributed by atoms with van der Waals surface area (Å²) in [5, 5.41) is 22.5. The molecule has 3 rings (SSSR count). The van der Waals surface area contributed by atoms with Gasteiger partial charge in [-0.3, -0.25) is 5.41 Å². The molecule has 2 heterocycles. The topological polar surface area (TPSA) is 62.9 Å². The van der Waals surface area contributed by atoms with Crippen molar-refractivity contribution in [3.8, 4) is 6.07 Å². The Balaban J connectivity index is 1.83. The van der Waals surface area contributed by atoms with Gasteiger partial charge in [-0.1, -0.05) is 30.3 Å². The number of hydrogen-bond donors (Lipinski definition) is 2. The Morgan fingerprint density at radius 2 is 2.18 bits per heavy atom. The average Bonchev–Trinajstić information content (AvgIpc) is 2.91. The van der Waals surface area contributed by atoms with Gasteiger partial charge in [-0.15, -0.1) is 0 Å². The molecule has 1 saturated heterocycles. The Kier molecular flexibility index (Phi) is 4.32. The van der Waals surface area contributed by atoms with Gasteiger partial charge in [0.05, 0.1) is 10.7 Å². The fraction of sp³-hybridized carbons (Fsp3) is 0.375. The molecule has 0 spiro atoms. The number of benzene rings is 1. The van der Waals surface area contributed by atoms with Gasteiger partial charge in [-0.25, -0.2) is 0 Å². The van der Waals surface area contributed by atoms with E-state index >= 15 is 0 Å². The van der Waals surface area contributed by atoms with Crippen LogP contribution in [0.5, 0.6) is 0 Å². The van der Waals surface area contributed by atoms with Crippen molar-refractivity contribution in [2.24, 2.45) is 5.92 Å². The SMILES string of the molecule is CC1CCN(C(=N)C(C#N)=C2Nc3cc(Cl)ccc3S2)CC1. The van der Waals surface area contributed by atoms with Gasteiger partial charge in [0.2, 0.25) is 0 Å². The maximum Gasteiger partial charge on any atom is 0.141 e.